The van der Waals surface area contributed by atoms with Gasteiger partial charge in [0.05, 0.1) is 32.0 Å². The molecule has 3 amide bonds. The van der Waals surface area contributed by atoms with Gasteiger partial charge in [0.25, 0.3) is 0 Å². The number of carbonyl (C=O) groups excluding carboxylic acids is 4. The number of methoxy groups -OCH3 is 2. The van der Waals surface area contributed by atoms with Crippen molar-refractivity contribution < 1.29 is 38.1 Å². The van der Waals surface area contributed by atoms with Crippen LogP contribution in [0.15, 0.2) is 42.3 Å². The third-order valence-electron chi connectivity index (χ3n) is 8.37. The van der Waals surface area contributed by atoms with E-state index in [4.69, 9.17) is 23.9 Å². The normalized spacial score (nSPS) is 21.7. The molecule has 13 nitrogen and oxygen atoms in total. The van der Waals surface area contributed by atoms with Gasteiger partial charge in [-0.25, -0.2) is 19.6 Å². The predicted octanol–water partition coefficient (Wildman–Crippen LogP) is 5.73. The number of hydrogen-bond donors (Lipinski definition) is 2. The molecule has 1 saturated carbocycles. The topological polar surface area (TPSA) is 158 Å². The van der Waals surface area contributed by atoms with Crippen LogP contribution < -0.4 is 20.1 Å². The van der Waals surface area contributed by atoms with Gasteiger partial charge in [0, 0.05) is 41.7 Å². The van der Waals surface area contributed by atoms with Gasteiger partial charge in [-0.2, -0.15) is 0 Å². The second-order valence-corrected chi connectivity index (χ2v) is 15.7. The maximum absolute atomic E-state index is 13.8. The maximum Gasteiger partial charge on any atom is 0.411 e. The van der Waals surface area contributed by atoms with Crippen molar-refractivity contribution in [2.24, 2.45) is 11.3 Å². The highest BCUT2D eigenvalue weighted by Crippen LogP contribution is 2.46. The van der Waals surface area contributed by atoms with E-state index < -0.39 is 41.3 Å². The van der Waals surface area contributed by atoms with Crippen molar-refractivity contribution in [1.82, 2.24) is 20.2 Å². The zero-order valence-electron chi connectivity index (χ0n) is 29.7. The molecule has 2 fully saturated rings. The SMILES string of the molecule is C=CC1CC1(NC(=O)C1CC(Oc2cc(-c3csc(NC(=O)CC(C)(C)C)n3)nc3cc(OC)ccc23)CN1C(=O)OC(C)(C)C)C(=O)OC. The number of likely N-dealkylation sites (tertiary alicyclic amines) is 1. The number of amides is 3. The molecule has 0 bridgehead atoms. The molecule has 5 rings (SSSR count). The minimum Gasteiger partial charge on any atom is -0.497 e. The van der Waals surface area contributed by atoms with Crippen LogP contribution >= 0.6 is 11.3 Å². The summed E-state index contributed by atoms with van der Waals surface area (Å²) in [5.41, 5.74) is -0.632. The van der Waals surface area contributed by atoms with E-state index in [0.29, 0.717) is 51.8 Å². The van der Waals surface area contributed by atoms with Crippen LogP contribution in [0, 0.1) is 11.3 Å². The van der Waals surface area contributed by atoms with Gasteiger partial charge in [-0.1, -0.05) is 26.8 Å². The molecule has 50 heavy (non-hydrogen) atoms. The van der Waals surface area contributed by atoms with E-state index in [9.17, 15) is 19.2 Å². The quantitative estimate of drug-likeness (QED) is 0.197. The summed E-state index contributed by atoms with van der Waals surface area (Å²) in [5.74, 6) is -0.478. The van der Waals surface area contributed by atoms with Gasteiger partial charge in [0.15, 0.2) is 5.13 Å². The molecule has 268 valence electrons. The van der Waals surface area contributed by atoms with Gasteiger partial charge in [-0.3, -0.25) is 14.5 Å². The molecule has 3 aromatic rings. The highest BCUT2D eigenvalue weighted by molar-refractivity contribution is 7.14. The molecular weight excluding hydrogens is 662 g/mol. The molecule has 4 unspecified atom stereocenters. The van der Waals surface area contributed by atoms with E-state index in [1.54, 1.807) is 57.5 Å². The number of anilines is 1. The van der Waals surface area contributed by atoms with Gasteiger partial charge in [-0.05, 0) is 44.7 Å². The second kappa shape index (κ2) is 13.9. The van der Waals surface area contributed by atoms with Crippen molar-refractivity contribution in [3.63, 3.8) is 0 Å². The van der Waals surface area contributed by atoms with Gasteiger partial charge in [0.2, 0.25) is 11.8 Å². The van der Waals surface area contributed by atoms with Crippen LogP contribution in [0.4, 0.5) is 9.93 Å². The average Bonchev–Trinajstić information content (AvgIpc) is 3.31. The first kappa shape index (κ1) is 36.6. The molecule has 1 saturated heterocycles. The summed E-state index contributed by atoms with van der Waals surface area (Å²) in [6.45, 7) is 15.0. The Morgan fingerprint density at radius 3 is 2.44 bits per heavy atom. The number of benzene rings is 1. The van der Waals surface area contributed by atoms with E-state index in [0.717, 1.165) is 0 Å². The van der Waals surface area contributed by atoms with Crippen LogP contribution in [-0.2, 0) is 23.9 Å². The van der Waals surface area contributed by atoms with E-state index in [1.807, 2.05) is 26.8 Å². The number of hydrogen-bond acceptors (Lipinski definition) is 11. The number of fused-ring (bicyclic) bond motifs is 1. The monoisotopic (exact) mass is 707 g/mol. The summed E-state index contributed by atoms with van der Waals surface area (Å²) in [7, 11) is 2.83. The van der Waals surface area contributed by atoms with Crippen molar-refractivity contribution in [3.05, 3.63) is 42.3 Å². The lowest BCUT2D eigenvalue weighted by Crippen LogP contribution is -2.53. The summed E-state index contributed by atoms with van der Waals surface area (Å²) >= 11 is 1.29. The fraction of sp³-hybridized carbons (Fsp3) is 0.500. The Balaban J connectivity index is 1.45. The third kappa shape index (κ3) is 8.18. The van der Waals surface area contributed by atoms with E-state index in [2.05, 4.69) is 22.2 Å². The number of esters is 1. The lowest BCUT2D eigenvalue weighted by Gasteiger charge is -2.28. The van der Waals surface area contributed by atoms with Gasteiger partial charge >= 0.3 is 12.1 Å². The minimum atomic E-state index is -1.24. The fourth-order valence-electron chi connectivity index (χ4n) is 5.95. The highest BCUT2D eigenvalue weighted by Gasteiger charge is 2.62. The minimum absolute atomic E-state index is 0.0407. The predicted molar refractivity (Wildman–Crippen MR) is 189 cm³/mol. The van der Waals surface area contributed by atoms with Crippen LogP contribution in [0.1, 0.15) is 60.8 Å². The number of aromatic nitrogens is 2. The van der Waals surface area contributed by atoms with Crippen LogP contribution in [0.3, 0.4) is 0 Å². The lowest BCUT2D eigenvalue weighted by molar-refractivity contribution is -0.147. The van der Waals surface area contributed by atoms with Crippen molar-refractivity contribution in [2.75, 3.05) is 26.1 Å². The summed E-state index contributed by atoms with van der Waals surface area (Å²) < 4.78 is 22.7. The van der Waals surface area contributed by atoms with Crippen LogP contribution in [0.2, 0.25) is 0 Å². The Morgan fingerprint density at radius 1 is 1.08 bits per heavy atom. The van der Waals surface area contributed by atoms with E-state index in [-0.39, 0.29) is 30.2 Å². The first-order valence-corrected chi connectivity index (χ1v) is 17.3. The molecule has 3 heterocycles. The largest absolute Gasteiger partial charge is 0.497 e. The smallest absolute Gasteiger partial charge is 0.411 e. The summed E-state index contributed by atoms with van der Waals surface area (Å²) in [6, 6.07) is 6.15. The number of nitrogens with one attached hydrogen (secondary N) is 2. The number of rotatable bonds is 10. The molecule has 2 aromatic heterocycles. The van der Waals surface area contributed by atoms with Crippen molar-refractivity contribution >= 4 is 51.2 Å². The zero-order valence-corrected chi connectivity index (χ0v) is 30.6. The molecular formula is C36H45N5O8S. The average molecular weight is 708 g/mol. The Morgan fingerprint density at radius 2 is 1.82 bits per heavy atom. The van der Waals surface area contributed by atoms with Crippen molar-refractivity contribution in [2.45, 2.75) is 84.1 Å². The molecule has 1 aliphatic heterocycles. The van der Waals surface area contributed by atoms with Gasteiger partial charge in [-0.15, -0.1) is 17.9 Å². The van der Waals surface area contributed by atoms with Crippen LogP contribution in [-0.4, -0.2) is 82.8 Å². The number of pyridine rings is 1. The Bertz CT molecular complexity index is 1810. The zero-order chi connectivity index (χ0) is 36.6. The molecule has 0 radical (unpaired) electrons. The summed E-state index contributed by atoms with van der Waals surface area (Å²) in [4.78, 5) is 63.3. The Labute approximate surface area is 295 Å². The molecule has 4 atom stereocenters. The van der Waals surface area contributed by atoms with Crippen molar-refractivity contribution in [1.29, 1.82) is 0 Å². The molecule has 1 aromatic carbocycles. The van der Waals surface area contributed by atoms with Crippen molar-refractivity contribution in [3.8, 4) is 22.9 Å². The number of carbonyl (C=O) groups is 4. The Kier molecular flexibility index (Phi) is 10.2. The summed E-state index contributed by atoms with van der Waals surface area (Å²) in [5, 5.41) is 8.64. The van der Waals surface area contributed by atoms with E-state index >= 15 is 0 Å². The molecule has 2 N–H and O–H groups in total. The number of thiazole rings is 1. The van der Waals surface area contributed by atoms with Crippen LogP contribution in [0.5, 0.6) is 11.5 Å². The van der Waals surface area contributed by atoms with Gasteiger partial charge in [0.1, 0.15) is 40.5 Å². The first-order valence-electron chi connectivity index (χ1n) is 16.4. The second-order valence-electron chi connectivity index (χ2n) is 14.8. The molecule has 2 aliphatic rings. The van der Waals surface area contributed by atoms with E-state index in [1.165, 1.54) is 23.3 Å². The Hall–Kier alpha value is -4.72. The number of ether oxygens (including phenoxy) is 4. The summed E-state index contributed by atoms with van der Waals surface area (Å²) in [6.07, 6.45) is 1.10. The maximum atomic E-state index is 13.8. The standard InChI is InChI=1S/C36H45N5O8S/c1-10-20-16-36(20,31(44)47-9)40-30(43)27-14-22(18-41(27)33(45)49-35(5,6)7)48-28-15-25(37-24-13-21(46-8)11-12-23(24)28)26-19-50-32(38-26)39-29(42)17-34(2,3)4/h10-13,15,19-20,22,27H,1,14,16-18H2,2-9H3,(H,40,43)(H,38,39,42). The third-order valence-corrected chi connectivity index (χ3v) is 9.12. The van der Waals surface area contributed by atoms with Crippen LogP contribution in [0.25, 0.3) is 22.3 Å². The molecule has 0 spiro atoms. The first-order chi connectivity index (χ1) is 23.4. The molecule has 14 heteroatoms. The number of nitrogens with zero attached hydrogens (tertiary/aromatic N) is 3. The lowest BCUT2D eigenvalue weighted by atomic mass is 9.92. The highest BCUT2D eigenvalue weighted by atomic mass is 32.1. The molecule has 1 aliphatic carbocycles. The fourth-order valence-corrected chi connectivity index (χ4v) is 6.67. The van der Waals surface area contributed by atoms with Gasteiger partial charge < -0.3 is 29.6 Å².